The number of carbonyl (C=O) groups is 1. The highest BCUT2D eigenvalue weighted by molar-refractivity contribution is 9.10. The third-order valence-corrected chi connectivity index (χ3v) is 2.87. The molecule has 0 unspecified atom stereocenters. The molecule has 0 spiro atoms. The first kappa shape index (κ1) is 12.4. The van der Waals surface area contributed by atoms with Crippen molar-refractivity contribution in [2.75, 3.05) is 13.1 Å². The average molecular weight is 270 g/mol. The second-order valence-corrected chi connectivity index (χ2v) is 4.34. The van der Waals surface area contributed by atoms with Crippen LogP contribution in [-0.2, 0) is 11.2 Å². The molecule has 0 radical (unpaired) electrons. The van der Waals surface area contributed by atoms with E-state index in [1.54, 1.807) is 0 Å². The van der Waals surface area contributed by atoms with Crippen molar-refractivity contribution in [3.05, 3.63) is 34.3 Å². The molecule has 0 saturated heterocycles. The summed E-state index contributed by atoms with van der Waals surface area (Å²) in [5.74, 6) is 0.232. The highest BCUT2D eigenvalue weighted by Crippen LogP contribution is 2.16. The van der Waals surface area contributed by atoms with Gasteiger partial charge in [0, 0.05) is 10.9 Å². The van der Waals surface area contributed by atoms with Gasteiger partial charge in [0.05, 0.1) is 6.54 Å². The first-order valence-electron chi connectivity index (χ1n) is 5.20. The summed E-state index contributed by atoms with van der Waals surface area (Å²) in [5, 5.41) is 3.11. The van der Waals surface area contributed by atoms with Crippen LogP contribution in [0.5, 0.6) is 0 Å². The van der Waals surface area contributed by atoms with Gasteiger partial charge in [0.15, 0.2) is 5.78 Å². The smallest absolute Gasteiger partial charge is 0.151 e. The Kier molecular flexibility index (Phi) is 5.58. The molecule has 0 heterocycles. The lowest BCUT2D eigenvalue weighted by Crippen LogP contribution is -2.24. The molecule has 0 atom stereocenters. The molecular formula is C12H16BrNO. The molecule has 0 aliphatic heterocycles. The Balaban J connectivity index is 2.41. The van der Waals surface area contributed by atoms with Gasteiger partial charge in [-0.2, -0.15) is 0 Å². The van der Waals surface area contributed by atoms with E-state index in [9.17, 15) is 4.79 Å². The van der Waals surface area contributed by atoms with Crippen molar-refractivity contribution < 1.29 is 4.79 Å². The molecule has 1 aromatic carbocycles. The Morgan fingerprint density at radius 2 is 2.13 bits per heavy atom. The average Bonchev–Trinajstić information content (AvgIpc) is 2.22. The van der Waals surface area contributed by atoms with E-state index in [1.807, 2.05) is 24.3 Å². The molecule has 2 nitrogen and oxygen atoms in total. The predicted molar refractivity (Wildman–Crippen MR) is 66.0 cm³/mol. The van der Waals surface area contributed by atoms with Gasteiger partial charge < -0.3 is 5.32 Å². The van der Waals surface area contributed by atoms with Crippen LogP contribution in [0.2, 0.25) is 0 Å². The van der Waals surface area contributed by atoms with E-state index >= 15 is 0 Å². The SMILES string of the molecule is CCCNCC(=O)Cc1ccccc1Br. The number of hydrogen-bond acceptors (Lipinski definition) is 2. The minimum atomic E-state index is 0.232. The molecule has 1 N–H and O–H groups in total. The molecule has 0 aliphatic carbocycles. The van der Waals surface area contributed by atoms with Gasteiger partial charge in [0.2, 0.25) is 0 Å². The molecule has 0 bridgehead atoms. The van der Waals surface area contributed by atoms with Crippen molar-refractivity contribution >= 4 is 21.7 Å². The van der Waals surface area contributed by atoms with Crippen LogP contribution in [0.4, 0.5) is 0 Å². The van der Waals surface area contributed by atoms with Gasteiger partial charge in [0.25, 0.3) is 0 Å². The second kappa shape index (κ2) is 6.75. The largest absolute Gasteiger partial charge is 0.310 e. The van der Waals surface area contributed by atoms with Gasteiger partial charge in [-0.15, -0.1) is 0 Å². The fraction of sp³-hybridized carbons (Fsp3) is 0.417. The van der Waals surface area contributed by atoms with Gasteiger partial charge in [-0.3, -0.25) is 4.79 Å². The Hall–Kier alpha value is -0.670. The van der Waals surface area contributed by atoms with Crippen molar-refractivity contribution in [1.29, 1.82) is 0 Å². The zero-order valence-electron chi connectivity index (χ0n) is 8.92. The second-order valence-electron chi connectivity index (χ2n) is 3.48. The maximum absolute atomic E-state index is 11.6. The van der Waals surface area contributed by atoms with Gasteiger partial charge >= 0.3 is 0 Å². The molecule has 0 saturated carbocycles. The molecule has 1 rings (SSSR count). The van der Waals surface area contributed by atoms with Crippen LogP contribution in [-0.4, -0.2) is 18.9 Å². The lowest BCUT2D eigenvalue weighted by Gasteiger charge is -2.04. The number of carbonyl (C=O) groups excluding carboxylic acids is 1. The van der Waals surface area contributed by atoms with Crippen LogP contribution < -0.4 is 5.32 Å². The summed E-state index contributed by atoms with van der Waals surface area (Å²) >= 11 is 3.43. The minimum Gasteiger partial charge on any atom is -0.310 e. The molecule has 1 aromatic rings. The number of Topliss-reactive ketones (excluding diaryl/α,β-unsaturated/α-hetero) is 1. The van der Waals surface area contributed by atoms with Crippen molar-refractivity contribution in [2.45, 2.75) is 19.8 Å². The maximum atomic E-state index is 11.6. The van der Waals surface area contributed by atoms with Crippen LogP contribution in [0.3, 0.4) is 0 Å². The van der Waals surface area contributed by atoms with Crippen LogP contribution in [0.1, 0.15) is 18.9 Å². The van der Waals surface area contributed by atoms with E-state index in [-0.39, 0.29) is 5.78 Å². The van der Waals surface area contributed by atoms with Crippen LogP contribution in [0.25, 0.3) is 0 Å². The van der Waals surface area contributed by atoms with Gasteiger partial charge in [-0.25, -0.2) is 0 Å². The third kappa shape index (κ3) is 4.58. The van der Waals surface area contributed by atoms with E-state index in [4.69, 9.17) is 0 Å². The Morgan fingerprint density at radius 1 is 1.40 bits per heavy atom. The highest BCUT2D eigenvalue weighted by Gasteiger charge is 2.05. The van der Waals surface area contributed by atoms with Crippen LogP contribution >= 0.6 is 15.9 Å². The fourth-order valence-corrected chi connectivity index (χ4v) is 1.75. The molecule has 0 fully saturated rings. The Bertz CT molecular complexity index is 325. The van der Waals surface area contributed by atoms with Crippen LogP contribution in [0.15, 0.2) is 28.7 Å². The molecule has 0 amide bonds. The lowest BCUT2D eigenvalue weighted by molar-refractivity contribution is -0.117. The highest BCUT2D eigenvalue weighted by atomic mass is 79.9. The molecule has 15 heavy (non-hydrogen) atoms. The molecule has 0 aromatic heterocycles. The van der Waals surface area contributed by atoms with Crippen molar-refractivity contribution in [2.24, 2.45) is 0 Å². The monoisotopic (exact) mass is 269 g/mol. The third-order valence-electron chi connectivity index (χ3n) is 2.09. The topological polar surface area (TPSA) is 29.1 Å². The number of benzene rings is 1. The van der Waals surface area contributed by atoms with Crippen molar-refractivity contribution in [3.8, 4) is 0 Å². The zero-order valence-corrected chi connectivity index (χ0v) is 10.5. The Morgan fingerprint density at radius 3 is 2.80 bits per heavy atom. The zero-order chi connectivity index (χ0) is 11.1. The summed E-state index contributed by atoms with van der Waals surface area (Å²) < 4.78 is 1.01. The first-order valence-corrected chi connectivity index (χ1v) is 5.99. The predicted octanol–water partition coefficient (Wildman–Crippen LogP) is 2.56. The summed E-state index contributed by atoms with van der Waals surface area (Å²) in [6.07, 6.45) is 1.56. The van der Waals surface area contributed by atoms with Gasteiger partial charge in [0.1, 0.15) is 0 Å². The van der Waals surface area contributed by atoms with Crippen molar-refractivity contribution in [3.63, 3.8) is 0 Å². The molecular weight excluding hydrogens is 254 g/mol. The van der Waals surface area contributed by atoms with Crippen LogP contribution in [0, 0.1) is 0 Å². The summed E-state index contributed by atoms with van der Waals surface area (Å²) in [7, 11) is 0. The van der Waals surface area contributed by atoms with E-state index < -0.39 is 0 Å². The molecule has 0 aliphatic rings. The standard InChI is InChI=1S/C12H16BrNO/c1-2-7-14-9-11(15)8-10-5-3-4-6-12(10)13/h3-6,14H,2,7-9H2,1H3. The first-order chi connectivity index (χ1) is 7.24. The van der Waals surface area contributed by atoms with Crippen molar-refractivity contribution in [1.82, 2.24) is 5.32 Å². The van der Waals surface area contributed by atoms with E-state index in [1.165, 1.54) is 0 Å². The maximum Gasteiger partial charge on any atom is 0.151 e. The minimum absolute atomic E-state index is 0.232. The summed E-state index contributed by atoms with van der Waals surface area (Å²) in [5.41, 5.74) is 1.06. The van der Waals surface area contributed by atoms with E-state index in [0.29, 0.717) is 13.0 Å². The quantitative estimate of drug-likeness (QED) is 0.805. The summed E-state index contributed by atoms with van der Waals surface area (Å²) in [6, 6.07) is 7.84. The fourth-order valence-electron chi connectivity index (χ4n) is 1.32. The number of ketones is 1. The van der Waals surface area contributed by atoms with E-state index in [2.05, 4.69) is 28.2 Å². The van der Waals surface area contributed by atoms with Gasteiger partial charge in [-0.05, 0) is 24.6 Å². The summed E-state index contributed by atoms with van der Waals surface area (Å²) in [6.45, 7) is 3.46. The molecule has 82 valence electrons. The lowest BCUT2D eigenvalue weighted by atomic mass is 10.1. The summed E-state index contributed by atoms with van der Waals surface area (Å²) in [4.78, 5) is 11.6. The number of rotatable bonds is 6. The van der Waals surface area contributed by atoms with Gasteiger partial charge in [-0.1, -0.05) is 41.1 Å². The normalized spacial score (nSPS) is 10.3. The number of halogens is 1. The van der Waals surface area contributed by atoms with E-state index in [0.717, 1.165) is 23.0 Å². The number of nitrogens with one attached hydrogen (secondary N) is 1. The molecule has 3 heteroatoms. The number of hydrogen-bond donors (Lipinski definition) is 1. The Labute approximate surface area is 99.2 Å².